The first-order chi connectivity index (χ1) is 14.0. The molecule has 0 aliphatic rings. The molecule has 0 unspecified atom stereocenters. The van der Waals surface area contributed by atoms with Gasteiger partial charge < -0.3 is 19.5 Å². The fourth-order valence-corrected chi connectivity index (χ4v) is 2.68. The van der Waals surface area contributed by atoms with Gasteiger partial charge in [0.1, 0.15) is 18.2 Å². The smallest absolute Gasteiger partial charge is 0.262 e. The van der Waals surface area contributed by atoms with Crippen LogP contribution in [0.25, 0.3) is 6.08 Å². The number of nitrogens with zero attached hydrogens (tertiary/aromatic N) is 1. The Bertz CT molecular complexity index is 939. The van der Waals surface area contributed by atoms with Crippen LogP contribution in [0.4, 0.5) is 0 Å². The van der Waals surface area contributed by atoms with Crippen molar-refractivity contribution in [1.29, 1.82) is 5.26 Å². The van der Waals surface area contributed by atoms with Crippen molar-refractivity contribution in [3.8, 4) is 17.6 Å². The highest BCUT2D eigenvalue weighted by Crippen LogP contribution is 2.30. The third kappa shape index (κ3) is 6.68. The average Bonchev–Trinajstić information content (AvgIpc) is 2.73. The summed E-state index contributed by atoms with van der Waals surface area (Å²) in [5.74, 6) is 0.512. The molecule has 0 atom stereocenters. The van der Waals surface area contributed by atoms with E-state index >= 15 is 0 Å². The van der Waals surface area contributed by atoms with Gasteiger partial charge in [0.25, 0.3) is 5.91 Å². The maximum atomic E-state index is 12.1. The highest BCUT2D eigenvalue weighted by Gasteiger charge is 2.11. The maximum Gasteiger partial charge on any atom is 0.262 e. The Hall–Kier alpha value is -2.72. The van der Waals surface area contributed by atoms with Gasteiger partial charge in [-0.25, -0.2) is 0 Å². The summed E-state index contributed by atoms with van der Waals surface area (Å²) in [6.45, 7) is 0.954. The largest absolute Gasteiger partial charge is 0.493 e. The van der Waals surface area contributed by atoms with Gasteiger partial charge in [0.15, 0.2) is 11.5 Å². The fraction of sp³-hybridized carbons (Fsp3) is 0.238. The van der Waals surface area contributed by atoms with Gasteiger partial charge in [-0.1, -0.05) is 35.3 Å². The van der Waals surface area contributed by atoms with Crippen LogP contribution in [0.1, 0.15) is 11.1 Å². The second-order valence-electron chi connectivity index (χ2n) is 5.87. The Balaban J connectivity index is 2.13. The summed E-state index contributed by atoms with van der Waals surface area (Å²) in [5.41, 5.74) is 1.46. The van der Waals surface area contributed by atoms with E-state index in [4.69, 9.17) is 37.4 Å². The highest BCUT2D eigenvalue weighted by molar-refractivity contribution is 6.42. The van der Waals surface area contributed by atoms with Crippen LogP contribution >= 0.6 is 23.2 Å². The highest BCUT2D eigenvalue weighted by atomic mass is 35.5. The third-order valence-electron chi connectivity index (χ3n) is 3.83. The molecule has 1 amide bonds. The molecular weight excluding hydrogens is 415 g/mol. The number of nitrogens with one attached hydrogen (secondary N) is 1. The zero-order valence-electron chi connectivity index (χ0n) is 16.0. The number of hydrogen-bond acceptors (Lipinski definition) is 5. The SMILES string of the molecule is COCCNC(=O)/C(C#N)=C/c1ccc(OCc2ccc(Cl)c(Cl)c2)c(OC)c1. The van der Waals surface area contributed by atoms with Crippen molar-refractivity contribution in [2.45, 2.75) is 6.61 Å². The number of carbonyl (C=O) groups excluding carboxylic acids is 1. The number of ether oxygens (including phenoxy) is 3. The Morgan fingerprint density at radius 3 is 2.59 bits per heavy atom. The molecule has 152 valence electrons. The minimum absolute atomic E-state index is 0.0207. The first-order valence-electron chi connectivity index (χ1n) is 8.62. The molecule has 0 spiro atoms. The van der Waals surface area contributed by atoms with E-state index in [0.717, 1.165) is 5.56 Å². The topological polar surface area (TPSA) is 80.6 Å². The van der Waals surface area contributed by atoms with E-state index in [1.807, 2.05) is 12.1 Å². The van der Waals surface area contributed by atoms with E-state index in [0.29, 0.717) is 40.3 Å². The first kappa shape index (κ1) is 22.6. The standard InChI is InChI=1S/C21H20Cl2N2O4/c1-27-8-7-25-21(26)16(12-24)9-14-4-6-19(20(11-14)28-2)29-13-15-3-5-17(22)18(23)10-15/h3-6,9-11H,7-8,13H2,1-2H3,(H,25,26)/b16-9+. The summed E-state index contributed by atoms with van der Waals surface area (Å²) in [6.07, 6.45) is 1.48. The first-order valence-corrected chi connectivity index (χ1v) is 9.37. The number of hydrogen-bond donors (Lipinski definition) is 1. The van der Waals surface area contributed by atoms with Gasteiger partial charge in [0, 0.05) is 13.7 Å². The molecule has 2 aromatic rings. The van der Waals surface area contributed by atoms with Crippen molar-refractivity contribution in [1.82, 2.24) is 5.32 Å². The van der Waals surface area contributed by atoms with Gasteiger partial charge in [-0.15, -0.1) is 0 Å². The van der Waals surface area contributed by atoms with E-state index < -0.39 is 5.91 Å². The van der Waals surface area contributed by atoms with E-state index in [2.05, 4.69) is 5.32 Å². The lowest BCUT2D eigenvalue weighted by Gasteiger charge is -2.12. The molecule has 2 rings (SSSR count). The second kappa shape index (κ2) is 11.3. The van der Waals surface area contributed by atoms with Crippen LogP contribution in [0.2, 0.25) is 10.0 Å². The quantitative estimate of drug-likeness (QED) is 0.362. The molecule has 0 fully saturated rings. The van der Waals surface area contributed by atoms with Gasteiger partial charge in [-0.2, -0.15) is 5.26 Å². The number of nitriles is 1. The zero-order valence-corrected chi connectivity index (χ0v) is 17.5. The van der Waals surface area contributed by atoms with Gasteiger partial charge in [0.05, 0.1) is 23.8 Å². The molecule has 0 saturated heterocycles. The van der Waals surface area contributed by atoms with E-state index in [9.17, 15) is 10.1 Å². The summed E-state index contributed by atoms with van der Waals surface area (Å²) in [5, 5.41) is 12.8. The van der Waals surface area contributed by atoms with Gasteiger partial charge in [-0.05, 0) is 41.5 Å². The molecule has 0 radical (unpaired) electrons. The van der Waals surface area contributed by atoms with Crippen LogP contribution in [0.3, 0.4) is 0 Å². The summed E-state index contributed by atoms with van der Waals surface area (Å²) in [7, 11) is 3.04. The number of methoxy groups -OCH3 is 2. The summed E-state index contributed by atoms with van der Waals surface area (Å²) in [4.78, 5) is 12.1. The van der Waals surface area contributed by atoms with Crippen LogP contribution in [-0.2, 0) is 16.1 Å². The average molecular weight is 435 g/mol. The summed E-state index contributed by atoms with van der Waals surface area (Å²) in [6, 6.07) is 12.3. The number of amides is 1. The van der Waals surface area contributed by atoms with Crippen molar-refractivity contribution in [2.75, 3.05) is 27.4 Å². The molecule has 6 nitrogen and oxygen atoms in total. The van der Waals surface area contributed by atoms with E-state index in [1.165, 1.54) is 20.3 Å². The van der Waals surface area contributed by atoms with Crippen LogP contribution in [0, 0.1) is 11.3 Å². The molecule has 1 N–H and O–H groups in total. The lowest BCUT2D eigenvalue weighted by molar-refractivity contribution is -0.117. The number of rotatable bonds is 9. The van der Waals surface area contributed by atoms with Crippen LogP contribution in [-0.4, -0.2) is 33.3 Å². The second-order valence-corrected chi connectivity index (χ2v) is 6.68. The Labute approximate surface area is 179 Å². The normalized spacial score (nSPS) is 10.9. The van der Waals surface area contributed by atoms with Crippen LogP contribution < -0.4 is 14.8 Å². The van der Waals surface area contributed by atoms with Crippen molar-refractivity contribution >= 4 is 35.2 Å². The zero-order chi connectivity index (χ0) is 21.2. The van der Waals surface area contributed by atoms with Crippen molar-refractivity contribution in [3.05, 3.63) is 63.1 Å². The summed E-state index contributed by atoms with van der Waals surface area (Å²) >= 11 is 11.9. The van der Waals surface area contributed by atoms with Crippen molar-refractivity contribution in [2.24, 2.45) is 0 Å². The lowest BCUT2D eigenvalue weighted by Crippen LogP contribution is -2.27. The van der Waals surface area contributed by atoms with E-state index in [-0.39, 0.29) is 12.2 Å². The van der Waals surface area contributed by atoms with Crippen molar-refractivity contribution in [3.63, 3.8) is 0 Å². The van der Waals surface area contributed by atoms with E-state index in [1.54, 1.807) is 30.3 Å². The predicted octanol–water partition coefficient (Wildman–Crippen LogP) is 4.25. The summed E-state index contributed by atoms with van der Waals surface area (Å²) < 4.78 is 16.0. The number of halogens is 2. The molecular formula is C21H20Cl2N2O4. The molecule has 0 aliphatic heterocycles. The Kier molecular flexibility index (Phi) is 8.81. The molecule has 29 heavy (non-hydrogen) atoms. The van der Waals surface area contributed by atoms with Crippen LogP contribution in [0.15, 0.2) is 42.0 Å². The molecule has 0 aliphatic carbocycles. The molecule has 0 heterocycles. The van der Waals surface area contributed by atoms with Crippen molar-refractivity contribution < 1.29 is 19.0 Å². The number of benzene rings is 2. The fourth-order valence-electron chi connectivity index (χ4n) is 2.36. The van der Waals surface area contributed by atoms with Crippen LogP contribution in [0.5, 0.6) is 11.5 Å². The number of carbonyl (C=O) groups is 1. The minimum Gasteiger partial charge on any atom is -0.493 e. The van der Waals surface area contributed by atoms with Gasteiger partial charge in [-0.3, -0.25) is 4.79 Å². The molecule has 0 bridgehead atoms. The monoisotopic (exact) mass is 434 g/mol. The predicted molar refractivity (Wildman–Crippen MR) is 112 cm³/mol. The lowest BCUT2D eigenvalue weighted by atomic mass is 10.1. The minimum atomic E-state index is -0.469. The molecule has 0 saturated carbocycles. The van der Waals surface area contributed by atoms with Gasteiger partial charge >= 0.3 is 0 Å². The van der Waals surface area contributed by atoms with Gasteiger partial charge in [0.2, 0.25) is 0 Å². The Morgan fingerprint density at radius 2 is 1.93 bits per heavy atom. The molecule has 8 heteroatoms. The maximum absolute atomic E-state index is 12.1. The Morgan fingerprint density at radius 1 is 1.14 bits per heavy atom. The third-order valence-corrected chi connectivity index (χ3v) is 4.57. The molecule has 2 aromatic carbocycles. The molecule has 0 aromatic heterocycles.